The Kier molecular flexibility index (Phi) is 6.11. The van der Waals surface area contributed by atoms with Crippen molar-refractivity contribution in [2.45, 2.75) is 11.8 Å². The average molecular weight is 460 g/mol. The number of carbonyl (C=O) groups is 1. The van der Waals surface area contributed by atoms with E-state index in [9.17, 15) is 13.2 Å². The van der Waals surface area contributed by atoms with Gasteiger partial charge in [0.25, 0.3) is 10.0 Å². The van der Waals surface area contributed by atoms with Gasteiger partial charge in [0.05, 0.1) is 5.69 Å². The zero-order valence-corrected chi connectivity index (χ0v) is 17.4. The monoisotopic (exact) mass is 459 g/mol. The Labute approximate surface area is 172 Å². The van der Waals surface area contributed by atoms with Gasteiger partial charge in [0, 0.05) is 22.6 Å². The minimum Gasteiger partial charge on any atom is -0.325 e. The molecule has 0 aliphatic heterocycles. The summed E-state index contributed by atoms with van der Waals surface area (Å²) in [6.45, 7) is 1.54. The maximum Gasteiger partial charge on any atom is 0.266 e. The van der Waals surface area contributed by atoms with E-state index in [0.29, 0.717) is 11.4 Å². The number of halogens is 1. The number of hydrogen-bond donors (Lipinski definition) is 1. The van der Waals surface area contributed by atoms with Gasteiger partial charge in [0.2, 0.25) is 5.91 Å². The Balaban J connectivity index is 1.91. The lowest BCUT2D eigenvalue weighted by molar-refractivity contribution is -0.114. The maximum absolute atomic E-state index is 13.2. The molecule has 3 rings (SSSR count). The van der Waals surface area contributed by atoms with Crippen molar-refractivity contribution in [3.05, 3.63) is 83.1 Å². The summed E-state index contributed by atoms with van der Waals surface area (Å²) < 4.78 is 28.3. The maximum atomic E-state index is 13.2. The van der Waals surface area contributed by atoms with Crippen LogP contribution < -0.4 is 9.62 Å². The van der Waals surface area contributed by atoms with Crippen molar-refractivity contribution < 1.29 is 13.2 Å². The molecule has 0 aliphatic carbocycles. The van der Waals surface area contributed by atoms with E-state index in [1.54, 1.807) is 54.6 Å². The van der Waals surface area contributed by atoms with Gasteiger partial charge in [-0.1, -0.05) is 33.6 Å². The number of carbonyl (C=O) groups excluding carboxylic acids is 1. The molecule has 8 heteroatoms. The first-order chi connectivity index (χ1) is 13.4. The van der Waals surface area contributed by atoms with Crippen LogP contribution in [0.5, 0.6) is 0 Å². The van der Waals surface area contributed by atoms with Gasteiger partial charge in [-0.05, 0) is 55.5 Å². The normalized spacial score (nSPS) is 11.1. The molecule has 0 saturated carbocycles. The van der Waals surface area contributed by atoms with E-state index in [-0.39, 0.29) is 11.4 Å². The van der Waals surface area contributed by atoms with Crippen molar-refractivity contribution in [3.8, 4) is 0 Å². The van der Waals surface area contributed by atoms with E-state index < -0.39 is 15.9 Å². The number of anilines is 2. The lowest BCUT2D eigenvalue weighted by atomic mass is 10.2. The first kappa shape index (κ1) is 20.0. The number of amides is 1. The standard InChI is InChI=1S/C20H18BrN3O3S/c1-15-4-10-18(11-5-15)24(28(26,27)19-3-2-12-22-13-19)14-20(25)23-17-8-6-16(21)7-9-17/h2-13H,14H2,1H3,(H,23,25). The topological polar surface area (TPSA) is 79.4 Å². The van der Waals surface area contributed by atoms with E-state index in [2.05, 4.69) is 26.2 Å². The number of pyridine rings is 1. The van der Waals surface area contributed by atoms with Crippen molar-refractivity contribution in [1.82, 2.24) is 4.98 Å². The van der Waals surface area contributed by atoms with E-state index in [1.165, 1.54) is 18.5 Å². The first-order valence-electron chi connectivity index (χ1n) is 8.41. The molecule has 144 valence electrons. The predicted molar refractivity (Wildman–Crippen MR) is 113 cm³/mol. The summed E-state index contributed by atoms with van der Waals surface area (Å²) in [5.74, 6) is -0.449. The van der Waals surface area contributed by atoms with E-state index in [4.69, 9.17) is 0 Å². The predicted octanol–water partition coefficient (Wildman–Crippen LogP) is 3.99. The number of aromatic nitrogens is 1. The fourth-order valence-electron chi connectivity index (χ4n) is 2.52. The number of hydrogen-bond acceptors (Lipinski definition) is 4. The highest BCUT2D eigenvalue weighted by atomic mass is 79.9. The van der Waals surface area contributed by atoms with Crippen LogP contribution in [-0.2, 0) is 14.8 Å². The van der Waals surface area contributed by atoms with Crippen LogP contribution in [0.3, 0.4) is 0 Å². The highest BCUT2D eigenvalue weighted by Crippen LogP contribution is 2.24. The summed E-state index contributed by atoms with van der Waals surface area (Å²) in [6.07, 6.45) is 2.76. The molecule has 0 radical (unpaired) electrons. The highest BCUT2D eigenvalue weighted by molar-refractivity contribution is 9.10. The molecular weight excluding hydrogens is 442 g/mol. The van der Waals surface area contributed by atoms with Crippen LogP contribution in [0.2, 0.25) is 0 Å². The lowest BCUT2D eigenvalue weighted by Gasteiger charge is -2.24. The zero-order valence-electron chi connectivity index (χ0n) is 15.0. The molecule has 2 aromatic carbocycles. The smallest absolute Gasteiger partial charge is 0.266 e. The third-order valence-corrected chi connectivity index (χ3v) is 6.25. The third kappa shape index (κ3) is 4.76. The Bertz CT molecular complexity index is 1050. The number of benzene rings is 2. The summed E-state index contributed by atoms with van der Waals surface area (Å²) in [7, 11) is -3.96. The molecule has 0 unspecified atom stereocenters. The fraction of sp³-hybridized carbons (Fsp3) is 0.100. The van der Waals surface area contributed by atoms with E-state index in [1.807, 2.05) is 6.92 Å². The quantitative estimate of drug-likeness (QED) is 0.604. The Morgan fingerprint density at radius 1 is 1.07 bits per heavy atom. The summed E-state index contributed by atoms with van der Waals surface area (Å²) in [6, 6.07) is 17.0. The molecule has 6 nitrogen and oxygen atoms in total. The minimum atomic E-state index is -3.96. The SMILES string of the molecule is Cc1ccc(N(CC(=O)Nc2ccc(Br)cc2)S(=O)(=O)c2cccnc2)cc1. The van der Waals surface area contributed by atoms with E-state index >= 15 is 0 Å². The van der Waals surface area contributed by atoms with Gasteiger partial charge in [-0.2, -0.15) is 0 Å². The summed E-state index contributed by atoms with van der Waals surface area (Å²) >= 11 is 3.33. The van der Waals surface area contributed by atoms with Gasteiger partial charge in [0.1, 0.15) is 11.4 Å². The average Bonchev–Trinajstić information content (AvgIpc) is 2.69. The molecule has 0 fully saturated rings. The van der Waals surface area contributed by atoms with E-state index in [0.717, 1.165) is 14.3 Å². The highest BCUT2D eigenvalue weighted by Gasteiger charge is 2.27. The van der Waals surface area contributed by atoms with Gasteiger partial charge in [-0.25, -0.2) is 8.42 Å². The molecule has 1 heterocycles. The second kappa shape index (κ2) is 8.53. The van der Waals surface area contributed by atoms with Gasteiger partial charge >= 0.3 is 0 Å². The molecular formula is C20H18BrN3O3S. The number of aryl methyl sites for hydroxylation is 1. The molecule has 0 bridgehead atoms. The van der Waals surface area contributed by atoms with Gasteiger partial charge < -0.3 is 5.32 Å². The lowest BCUT2D eigenvalue weighted by Crippen LogP contribution is -2.38. The number of nitrogens with zero attached hydrogens (tertiary/aromatic N) is 2. The minimum absolute atomic E-state index is 0.0204. The largest absolute Gasteiger partial charge is 0.325 e. The van der Waals surface area contributed by atoms with Crippen molar-refractivity contribution in [2.24, 2.45) is 0 Å². The molecule has 0 spiro atoms. The van der Waals surface area contributed by atoms with Gasteiger partial charge in [-0.15, -0.1) is 0 Å². The second-order valence-electron chi connectivity index (χ2n) is 6.09. The third-order valence-electron chi connectivity index (χ3n) is 3.96. The number of nitrogens with one attached hydrogen (secondary N) is 1. The Morgan fingerprint density at radius 3 is 2.36 bits per heavy atom. The molecule has 0 saturated heterocycles. The summed E-state index contributed by atoms with van der Waals surface area (Å²) in [5.41, 5.74) is 1.97. The molecule has 0 aliphatic rings. The molecule has 3 aromatic rings. The molecule has 0 atom stereocenters. The molecule has 28 heavy (non-hydrogen) atoms. The molecule has 1 amide bonds. The van der Waals surface area contributed by atoms with Crippen LogP contribution in [0, 0.1) is 6.92 Å². The van der Waals surface area contributed by atoms with Crippen molar-refractivity contribution in [1.29, 1.82) is 0 Å². The zero-order chi connectivity index (χ0) is 20.1. The van der Waals surface area contributed by atoms with Crippen LogP contribution in [-0.4, -0.2) is 25.9 Å². The van der Waals surface area contributed by atoms with Gasteiger partial charge in [0.15, 0.2) is 0 Å². The molecule has 1 aromatic heterocycles. The van der Waals surface area contributed by atoms with Crippen molar-refractivity contribution in [2.75, 3.05) is 16.2 Å². The van der Waals surface area contributed by atoms with Crippen LogP contribution >= 0.6 is 15.9 Å². The van der Waals surface area contributed by atoms with Crippen LogP contribution in [0.1, 0.15) is 5.56 Å². The Morgan fingerprint density at radius 2 is 1.75 bits per heavy atom. The van der Waals surface area contributed by atoms with Crippen molar-refractivity contribution in [3.63, 3.8) is 0 Å². The second-order valence-corrected chi connectivity index (χ2v) is 8.87. The summed E-state index contributed by atoms with van der Waals surface area (Å²) in [4.78, 5) is 16.5. The first-order valence-corrected chi connectivity index (χ1v) is 10.6. The fourth-order valence-corrected chi connectivity index (χ4v) is 4.17. The van der Waals surface area contributed by atoms with Crippen molar-refractivity contribution >= 4 is 43.2 Å². The summed E-state index contributed by atoms with van der Waals surface area (Å²) in [5, 5.41) is 2.72. The van der Waals surface area contributed by atoms with Crippen LogP contribution in [0.15, 0.2) is 82.4 Å². The number of rotatable bonds is 6. The van der Waals surface area contributed by atoms with Crippen LogP contribution in [0.4, 0.5) is 11.4 Å². The number of sulfonamides is 1. The van der Waals surface area contributed by atoms with Gasteiger partial charge in [-0.3, -0.25) is 14.1 Å². The molecule has 1 N–H and O–H groups in total. The van der Waals surface area contributed by atoms with Crippen LogP contribution in [0.25, 0.3) is 0 Å². The Hall–Kier alpha value is -2.71.